The van der Waals surface area contributed by atoms with Crippen molar-refractivity contribution in [2.45, 2.75) is 6.61 Å². The van der Waals surface area contributed by atoms with Gasteiger partial charge in [-0.1, -0.05) is 18.2 Å². The Kier molecular flexibility index (Phi) is 4.62. The Morgan fingerprint density at radius 1 is 1.16 bits per heavy atom. The number of hydrogen-bond acceptors (Lipinski definition) is 6. The van der Waals surface area contributed by atoms with Gasteiger partial charge in [-0.15, -0.1) is 0 Å². The molecule has 0 radical (unpaired) electrons. The van der Waals surface area contributed by atoms with Crippen LogP contribution in [0.1, 0.15) is 26.7 Å². The van der Waals surface area contributed by atoms with E-state index in [1.54, 1.807) is 24.3 Å². The van der Waals surface area contributed by atoms with E-state index in [0.29, 0.717) is 16.7 Å². The summed E-state index contributed by atoms with van der Waals surface area (Å²) in [5.41, 5.74) is 11.7. The van der Waals surface area contributed by atoms with E-state index in [4.69, 9.17) is 14.9 Å². The summed E-state index contributed by atoms with van der Waals surface area (Å²) in [5.74, 6) is -0.616. The van der Waals surface area contributed by atoms with Crippen molar-refractivity contribution in [1.82, 2.24) is 15.8 Å². The number of carbonyl (C=O) groups is 2. The molecule has 0 bridgehead atoms. The molecular weight excluding hydrogens is 324 g/mol. The molecule has 0 fully saturated rings. The number of carbonyl (C=O) groups excluding carboxylic acids is 2. The van der Waals surface area contributed by atoms with Gasteiger partial charge in [-0.05, 0) is 18.2 Å². The van der Waals surface area contributed by atoms with Crippen molar-refractivity contribution in [2.24, 2.45) is 0 Å². The van der Waals surface area contributed by atoms with Crippen molar-refractivity contribution in [1.29, 1.82) is 0 Å². The molecule has 2 heterocycles. The first kappa shape index (κ1) is 16.5. The maximum absolute atomic E-state index is 12.3. The van der Waals surface area contributed by atoms with Crippen molar-refractivity contribution in [3.8, 4) is 0 Å². The first-order valence-electron chi connectivity index (χ1n) is 7.41. The van der Waals surface area contributed by atoms with Gasteiger partial charge < -0.3 is 14.9 Å². The van der Waals surface area contributed by atoms with Crippen LogP contribution < -0.4 is 16.6 Å². The number of furan rings is 1. The molecule has 0 saturated carbocycles. The smallest absolute Gasteiger partial charge is 0.305 e. The molecule has 128 valence electrons. The fraction of sp³-hybridized carbons (Fsp3) is 0.118. The summed E-state index contributed by atoms with van der Waals surface area (Å²) in [4.78, 5) is 28.4. The molecule has 1 aromatic carbocycles. The van der Waals surface area contributed by atoms with Crippen LogP contribution in [0.3, 0.4) is 0 Å². The van der Waals surface area contributed by atoms with Gasteiger partial charge in [-0.3, -0.25) is 25.4 Å². The van der Waals surface area contributed by atoms with Gasteiger partial charge in [0, 0.05) is 18.7 Å². The number of nitrogen functional groups attached to an aromatic ring is 1. The molecule has 0 aliphatic carbocycles. The molecule has 0 aliphatic heterocycles. The average Bonchev–Trinajstić information content (AvgIpc) is 3.09. The predicted molar refractivity (Wildman–Crippen MR) is 90.5 cm³/mol. The SMILES string of the molecule is COCc1ccc(C(=O)NNC(=O)c2cnc3ccccc3c2N)o1. The number of nitrogens with one attached hydrogen (secondary N) is 2. The number of nitrogens with zero attached hydrogens (tertiary/aromatic N) is 1. The molecule has 2 amide bonds. The van der Waals surface area contributed by atoms with Gasteiger partial charge >= 0.3 is 5.91 Å². The summed E-state index contributed by atoms with van der Waals surface area (Å²) in [6.45, 7) is 0.249. The minimum Gasteiger partial charge on any atom is -0.453 e. The van der Waals surface area contributed by atoms with Crippen LogP contribution in [0.15, 0.2) is 47.0 Å². The van der Waals surface area contributed by atoms with Crippen molar-refractivity contribution in [3.05, 3.63) is 59.7 Å². The zero-order valence-corrected chi connectivity index (χ0v) is 13.4. The molecule has 4 N–H and O–H groups in total. The van der Waals surface area contributed by atoms with E-state index in [2.05, 4.69) is 15.8 Å². The molecule has 25 heavy (non-hydrogen) atoms. The Hall–Kier alpha value is -3.39. The van der Waals surface area contributed by atoms with E-state index in [-0.39, 0.29) is 23.6 Å². The highest BCUT2D eigenvalue weighted by Crippen LogP contribution is 2.22. The fourth-order valence-electron chi connectivity index (χ4n) is 2.31. The highest BCUT2D eigenvalue weighted by atomic mass is 16.5. The minimum absolute atomic E-state index is 0.0527. The summed E-state index contributed by atoms with van der Waals surface area (Å²) >= 11 is 0. The normalized spacial score (nSPS) is 10.6. The van der Waals surface area contributed by atoms with Crippen LogP contribution in [0.5, 0.6) is 0 Å². The number of amides is 2. The number of ether oxygens (including phenoxy) is 1. The third-order valence-corrected chi connectivity index (χ3v) is 3.52. The molecule has 2 aromatic heterocycles. The molecule has 8 nitrogen and oxygen atoms in total. The fourth-order valence-corrected chi connectivity index (χ4v) is 2.31. The molecule has 0 aliphatic rings. The number of methoxy groups -OCH3 is 1. The van der Waals surface area contributed by atoms with E-state index in [1.807, 2.05) is 6.07 Å². The number of hydrazine groups is 1. The number of benzene rings is 1. The number of aromatic nitrogens is 1. The van der Waals surface area contributed by atoms with Crippen LogP contribution in [0, 0.1) is 0 Å². The third-order valence-electron chi connectivity index (χ3n) is 3.52. The number of hydrogen-bond donors (Lipinski definition) is 3. The molecular formula is C17H16N4O4. The summed E-state index contributed by atoms with van der Waals surface area (Å²) in [6, 6.07) is 10.3. The molecule has 0 saturated heterocycles. The van der Waals surface area contributed by atoms with Crippen LogP contribution in [0.2, 0.25) is 0 Å². The second-order valence-corrected chi connectivity index (χ2v) is 5.21. The zero-order chi connectivity index (χ0) is 17.8. The Morgan fingerprint density at radius 3 is 2.72 bits per heavy atom. The number of para-hydroxylation sites is 1. The quantitative estimate of drug-likeness (QED) is 0.621. The van der Waals surface area contributed by atoms with Gasteiger partial charge in [0.2, 0.25) is 0 Å². The summed E-state index contributed by atoms with van der Waals surface area (Å²) in [7, 11) is 1.52. The molecule has 3 aromatic rings. The lowest BCUT2D eigenvalue weighted by Gasteiger charge is -2.09. The second kappa shape index (κ2) is 7.02. The molecule has 3 rings (SSSR count). The molecule has 0 atom stereocenters. The number of pyridine rings is 1. The Morgan fingerprint density at radius 2 is 1.92 bits per heavy atom. The highest BCUT2D eigenvalue weighted by Gasteiger charge is 2.16. The average molecular weight is 340 g/mol. The lowest BCUT2D eigenvalue weighted by atomic mass is 10.1. The predicted octanol–water partition coefficient (Wildman–Crippen LogP) is 1.63. The Bertz CT molecular complexity index is 935. The third kappa shape index (κ3) is 3.43. The van der Waals surface area contributed by atoms with Crippen LogP contribution in [-0.4, -0.2) is 23.9 Å². The van der Waals surface area contributed by atoms with Crippen LogP contribution in [-0.2, 0) is 11.3 Å². The van der Waals surface area contributed by atoms with Crippen molar-refractivity contribution in [2.75, 3.05) is 12.8 Å². The van der Waals surface area contributed by atoms with E-state index in [9.17, 15) is 9.59 Å². The van der Waals surface area contributed by atoms with Gasteiger partial charge in [0.1, 0.15) is 12.4 Å². The van der Waals surface area contributed by atoms with Crippen molar-refractivity contribution >= 4 is 28.4 Å². The van der Waals surface area contributed by atoms with E-state index >= 15 is 0 Å². The van der Waals surface area contributed by atoms with Gasteiger partial charge in [0.05, 0.1) is 16.8 Å². The topological polar surface area (TPSA) is 119 Å². The van der Waals surface area contributed by atoms with Gasteiger partial charge in [-0.2, -0.15) is 0 Å². The first-order chi connectivity index (χ1) is 12.1. The second-order valence-electron chi connectivity index (χ2n) is 5.21. The van der Waals surface area contributed by atoms with Crippen LogP contribution in [0.25, 0.3) is 10.9 Å². The van der Waals surface area contributed by atoms with Crippen molar-refractivity contribution in [3.63, 3.8) is 0 Å². The standard InChI is InChI=1S/C17H16N4O4/c1-24-9-10-6-7-14(25-10)17(23)21-20-16(22)12-8-19-13-5-3-2-4-11(13)15(12)18/h2-8H,9H2,1H3,(H2,18,19)(H,20,22)(H,21,23). The Balaban J connectivity index is 1.70. The van der Waals surface area contributed by atoms with Gasteiger partial charge in [0.15, 0.2) is 5.76 Å². The summed E-state index contributed by atoms with van der Waals surface area (Å²) in [6.07, 6.45) is 1.36. The summed E-state index contributed by atoms with van der Waals surface area (Å²) < 4.78 is 10.2. The maximum Gasteiger partial charge on any atom is 0.305 e. The maximum atomic E-state index is 12.3. The lowest BCUT2D eigenvalue weighted by Crippen LogP contribution is -2.41. The van der Waals surface area contributed by atoms with Crippen LogP contribution in [0.4, 0.5) is 5.69 Å². The van der Waals surface area contributed by atoms with E-state index in [1.165, 1.54) is 19.4 Å². The molecule has 0 unspecified atom stereocenters. The van der Waals surface area contributed by atoms with Gasteiger partial charge in [0.25, 0.3) is 5.91 Å². The van der Waals surface area contributed by atoms with Crippen LogP contribution >= 0.6 is 0 Å². The highest BCUT2D eigenvalue weighted by molar-refractivity contribution is 6.06. The first-order valence-corrected chi connectivity index (χ1v) is 7.41. The van der Waals surface area contributed by atoms with Gasteiger partial charge in [-0.25, -0.2) is 0 Å². The number of nitrogens with two attached hydrogens (primary N) is 1. The number of fused-ring (bicyclic) bond motifs is 1. The number of rotatable bonds is 4. The molecule has 0 spiro atoms. The van der Waals surface area contributed by atoms with E-state index in [0.717, 1.165) is 0 Å². The Labute approximate surface area is 142 Å². The molecule has 8 heteroatoms. The minimum atomic E-state index is -0.594. The van der Waals surface area contributed by atoms with Crippen molar-refractivity contribution < 1.29 is 18.7 Å². The van der Waals surface area contributed by atoms with E-state index < -0.39 is 11.8 Å². The lowest BCUT2D eigenvalue weighted by molar-refractivity contribution is 0.0826. The summed E-state index contributed by atoms with van der Waals surface area (Å²) in [5, 5.41) is 0.664. The largest absolute Gasteiger partial charge is 0.453 e. The zero-order valence-electron chi connectivity index (χ0n) is 13.4. The number of anilines is 1. The monoisotopic (exact) mass is 340 g/mol.